The topological polar surface area (TPSA) is 141 Å². The summed E-state index contributed by atoms with van der Waals surface area (Å²) in [6.07, 6.45) is -0.458. The highest BCUT2D eigenvalue weighted by Gasteiger charge is 2.36. The van der Waals surface area contributed by atoms with Crippen LogP contribution in [0.3, 0.4) is 0 Å². The molecule has 0 spiro atoms. The van der Waals surface area contributed by atoms with Crippen LogP contribution in [0, 0.1) is 11.3 Å². The van der Waals surface area contributed by atoms with Gasteiger partial charge in [0.1, 0.15) is 24.1 Å². The van der Waals surface area contributed by atoms with Gasteiger partial charge in [-0.2, -0.15) is 5.26 Å². The van der Waals surface area contributed by atoms with Crippen molar-refractivity contribution in [1.29, 1.82) is 5.26 Å². The summed E-state index contributed by atoms with van der Waals surface area (Å²) in [6.45, 7) is 0.649. The van der Waals surface area contributed by atoms with Gasteiger partial charge in [0, 0.05) is 25.6 Å². The lowest BCUT2D eigenvalue weighted by molar-refractivity contribution is -0.142. The Hall–Kier alpha value is -5.86. The number of hydrogen-bond donors (Lipinski definition) is 3. The van der Waals surface area contributed by atoms with Gasteiger partial charge in [0.2, 0.25) is 12.0 Å². The lowest BCUT2D eigenvalue weighted by Crippen LogP contribution is -2.53. The van der Waals surface area contributed by atoms with Gasteiger partial charge in [-0.05, 0) is 88.3 Å². The maximum Gasteiger partial charge on any atom is 0.326 e. The first-order valence-corrected chi connectivity index (χ1v) is 17.9. The minimum Gasteiger partial charge on any atom is -0.489 e. The monoisotopic (exact) mass is 760 g/mol. The number of likely N-dealkylation sites (N-methyl/N-ethyl adjacent to an activating group) is 1. The molecule has 272 valence electrons. The van der Waals surface area contributed by atoms with Gasteiger partial charge < -0.3 is 30.1 Å². The quantitative estimate of drug-likeness (QED) is 0.138. The number of benzene rings is 5. The van der Waals surface area contributed by atoms with Crippen LogP contribution in [0.25, 0.3) is 11.1 Å². The van der Waals surface area contributed by atoms with Gasteiger partial charge in [-0.3, -0.25) is 9.59 Å². The maximum atomic E-state index is 13.5. The minimum atomic E-state index is -1.14. The predicted molar refractivity (Wildman–Crippen MR) is 205 cm³/mol. The Morgan fingerprint density at radius 3 is 2.30 bits per heavy atom. The Bertz CT molecular complexity index is 2270. The third-order valence-electron chi connectivity index (χ3n) is 9.65. The number of carboxylic acid groups (broad SMARTS) is 1. The molecule has 3 N–H and O–H groups in total. The average molecular weight is 762 g/mol. The van der Waals surface area contributed by atoms with E-state index in [4.69, 9.17) is 37.9 Å². The number of ether oxygens (including phenoxy) is 2. The van der Waals surface area contributed by atoms with Crippen molar-refractivity contribution in [2.75, 3.05) is 11.9 Å². The summed E-state index contributed by atoms with van der Waals surface area (Å²) < 4.78 is 12.2. The Balaban J connectivity index is 0.979. The standard InChI is InChI=1S/C42H34Cl2N4O6/c1-48-37-19-30-18-35(40(49)47-36(42(51)52)17-24-2-7-27(8-3-24)28-9-4-25(21-45)5-10-28)46-22-31(30)20-38(37)54-39(41(48)50)29-11-13-32(14-12-29)53-23-26-6-15-33(43)34(44)16-26/h2-16,19-20,35-36,39,46H,17-18,22-23H2,1H3,(H,47,49)(H,51,52)/t35?,36-,39-/m0/s1. The molecule has 0 saturated heterocycles. The fourth-order valence-corrected chi connectivity index (χ4v) is 6.89. The van der Waals surface area contributed by atoms with Crippen molar-refractivity contribution in [3.8, 4) is 28.7 Å². The number of nitriles is 1. The van der Waals surface area contributed by atoms with E-state index in [2.05, 4.69) is 16.7 Å². The smallest absolute Gasteiger partial charge is 0.326 e. The number of nitrogens with zero attached hydrogens (tertiary/aromatic N) is 2. The first-order valence-electron chi connectivity index (χ1n) is 17.2. The molecule has 1 unspecified atom stereocenters. The molecule has 0 saturated carbocycles. The molecule has 0 aromatic heterocycles. The molecule has 2 heterocycles. The molecule has 2 aliphatic heterocycles. The molecule has 10 nitrogen and oxygen atoms in total. The maximum absolute atomic E-state index is 13.5. The predicted octanol–water partition coefficient (Wildman–Crippen LogP) is 7.03. The van der Waals surface area contributed by atoms with Crippen molar-refractivity contribution < 1.29 is 29.0 Å². The molecule has 3 atom stereocenters. The van der Waals surface area contributed by atoms with Crippen molar-refractivity contribution in [2.45, 2.75) is 44.2 Å². The van der Waals surface area contributed by atoms with E-state index in [1.165, 1.54) is 0 Å². The van der Waals surface area contributed by atoms with E-state index in [9.17, 15) is 19.5 Å². The summed E-state index contributed by atoms with van der Waals surface area (Å²) in [5.74, 6) is -0.650. The summed E-state index contributed by atoms with van der Waals surface area (Å²) in [5, 5.41) is 25.9. The second-order valence-electron chi connectivity index (χ2n) is 13.2. The van der Waals surface area contributed by atoms with E-state index in [-0.39, 0.29) is 12.3 Å². The number of fused-ring (bicyclic) bond motifs is 2. The fraction of sp³-hybridized carbons (Fsp3) is 0.190. The highest BCUT2D eigenvalue weighted by Crippen LogP contribution is 2.41. The Labute approximate surface area is 321 Å². The Kier molecular flexibility index (Phi) is 10.6. The zero-order valence-electron chi connectivity index (χ0n) is 29.0. The lowest BCUT2D eigenvalue weighted by Gasteiger charge is -2.34. The molecule has 7 rings (SSSR count). The first-order chi connectivity index (χ1) is 26.1. The molecule has 0 radical (unpaired) electrons. The van der Waals surface area contributed by atoms with E-state index in [0.29, 0.717) is 57.9 Å². The normalized spacial score (nSPS) is 16.6. The van der Waals surface area contributed by atoms with Crippen LogP contribution in [-0.4, -0.2) is 42.0 Å². The molecule has 5 aromatic carbocycles. The summed E-state index contributed by atoms with van der Waals surface area (Å²) in [7, 11) is 1.69. The van der Waals surface area contributed by atoms with Crippen LogP contribution in [0.4, 0.5) is 5.69 Å². The van der Waals surface area contributed by atoms with E-state index in [0.717, 1.165) is 33.4 Å². The minimum absolute atomic E-state index is 0.103. The highest BCUT2D eigenvalue weighted by molar-refractivity contribution is 6.42. The van der Waals surface area contributed by atoms with Gasteiger partial charge >= 0.3 is 5.97 Å². The number of hydrogen-bond acceptors (Lipinski definition) is 7. The van der Waals surface area contributed by atoms with Crippen LogP contribution in [0.1, 0.15) is 39.5 Å². The molecule has 0 bridgehead atoms. The van der Waals surface area contributed by atoms with Gasteiger partial charge in [-0.15, -0.1) is 0 Å². The van der Waals surface area contributed by atoms with E-state index >= 15 is 0 Å². The van der Waals surface area contributed by atoms with E-state index < -0.39 is 30.1 Å². The highest BCUT2D eigenvalue weighted by atomic mass is 35.5. The third-order valence-corrected chi connectivity index (χ3v) is 10.4. The molecule has 2 amide bonds. The van der Waals surface area contributed by atoms with Crippen molar-refractivity contribution in [3.63, 3.8) is 0 Å². The number of nitrogens with one attached hydrogen (secondary N) is 2. The number of aliphatic carboxylic acids is 1. The van der Waals surface area contributed by atoms with Crippen molar-refractivity contribution >= 4 is 46.7 Å². The van der Waals surface area contributed by atoms with Gasteiger partial charge in [0.15, 0.2) is 0 Å². The van der Waals surface area contributed by atoms with Crippen molar-refractivity contribution in [3.05, 3.63) is 147 Å². The van der Waals surface area contributed by atoms with Crippen LogP contribution in [0.2, 0.25) is 10.0 Å². The number of carbonyl (C=O) groups excluding carboxylic acids is 2. The molecule has 0 aliphatic carbocycles. The first kappa shape index (κ1) is 36.5. The van der Waals surface area contributed by atoms with Crippen LogP contribution in [-0.2, 0) is 40.4 Å². The summed E-state index contributed by atoms with van der Waals surface area (Å²) in [4.78, 5) is 40.7. The van der Waals surface area contributed by atoms with Crippen LogP contribution >= 0.6 is 23.2 Å². The van der Waals surface area contributed by atoms with Crippen molar-refractivity contribution in [2.24, 2.45) is 0 Å². The van der Waals surface area contributed by atoms with Crippen LogP contribution < -0.4 is 25.0 Å². The van der Waals surface area contributed by atoms with E-state index in [1.807, 2.05) is 54.6 Å². The Morgan fingerprint density at radius 2 is 1.63 bits per heavy atom. The molecule has 54 heavy (non-hydrogen) atoms. The largest absolute Gasteiger partial charge is 0.489 e. The number of carboxylic acids is 1. The summed E-state index contributed by atoms with van der Waals surface area (Å²) >= 11 is 12.1. The number of carbonyl (C=O) groups is 3. The van der Waals surface area contributed by atoms with E-state index in [1.54, 1.807) is 60.5 Å². The summed E-state index contributed by atoms with van der Waals surface area (Å²) in [5.41, 5.74) is 7.09. The Morgan fingerprint density at radius 1 is 0.944 bits per heavy atom. The second kappa shape index (κ2) is 15.6. The van der Waals surface area contributed by atoms with Crippen molar-refractivity contribution in [1.82, 2.24) is 10.6 Å². The average Bonchev–Trinajstić information content (AvgIpc) is 3.19. The van der Waals surface area contributed by atoms with Gasteiger partial charge in [0.25, 0.3) is 5.91 Å². The van der Waals surface area contributed by atoms with Crippen LogP contribution in [0.5, 0.6) is 11.5 Å². The zero-order valence-corrected chi connectivity index (χ0v) is 30.5. The van der Waals surface area contributed by atoms with Gasteiger partial charge in [-0.1, -0.05) is 77.8 Å². The molecule has 0 fully saturated rings. The van der Waals surface area contributed by atoms with Crippen LogP contribution in [0.15, 0.2) is 103 Å². The summed E-state index contributed by atoms with van der Waals surface area (Å²) in [6, 6.07) is 31.2. The molecule has 12 heteroatoms. The third kappa shape index (κ3) is 7.89. The second-order valence-corrected chi connectivity index (χ2v) is 14.0. The molecular formula is C42H34Cl2N4O6. The molecular weight excluding hydrogens is 727 g/mol. The fourth-order valence-electron chi connectivity index (χ4n) is 6.57. The number of anilines is 1. The van der Waals surface area contributed by atoms with Gasteiger partial charge in [-0.25, -0.2) is 4.79 Å². The zero-order chi connectivity index (χ0) is 37.9. The van der Waals surface area contributed by atoms with Gasteiger partial charge in [0.05, 0.1) is 33.4 Å². The SMILES string of the molecule is CN1C(=O)[C@H](c2ccc(OCc3ccc(Cl)c(Cl)c3)cc2)Oc2cc3c(cc21)CC(C(=O)N[C@@H](Cc1ccc(-c2ccc(C#N)cc2)cc1)C(=O)O)NC3. The number of halogens is 2. The number of rotatable bonds is 10. The lowest BCUT2D eigenvalue weighted by atomic mass is 9.93. The molecule has 5 aromatic rings. The number of amides is 2. The molecule has 2 aliphatic rings.